The molecule has 0 saturated carbocycles. The predicted octanol–water partition coefficient (Wildman–Crippen LogP) is 4.60. The van der Waals surface area contributed by atoms with Crippen molar-refractivity contribution in [3.63, 3.8) is 0 Å². The van der Waals surface area contributed by atoms with Crippen LogP contribution in [0.1, 0.15) is 29.8 Å². The molecule has 4 aromatic rings. The van der Waals surface area contributed by atoms with Crippen molar-refractivity contribution in [3.8, 4) is 22.5 Å². The van der Waals surface area contributed by atoms with Crippen LogP contribution in [0.25, 0.3) is 22.5 Å². The summed E-state index contributed by atoms with van der Waals surface area (Å²) < 4.78 is 0. The summed E-state index contributed by atoms with van der Waals surface area (Å²) in [6.07, 6.45) is 0.842. The van der Waals surface area contributed by atoms with Gasteiger partial charge in [0.05, 0.1) is 0 Å². The predicted molar refractivity (Wildman–Crippen MR) is 109 cm³/mol. The van der Waals surface area contributed by atoms with Crippen LogP contribution in [0.15, 0.2) is 78.9 Å². The number of carbonyl (C=O) groups is 1. The molecule has 138 valence electrons. The van der Waals surface area contributed by atoms with Gasteiger partial charge in [-0.1, -0.05) is 78.9 Å². The van der Waals surface area contributed by atoms with Gasteiger partial charge in [-0.25, -0.2) is 0 Å². The number of tetrazole rings is 1. The molecule has 0 unspecified atom stereocenters. The number of nitrogens with zero attached hydrogens (tertiary/aromatic N) is 4. The maximum Gasteiger partial charge on any atom is 0.205 e. The van der Waals surface area contributed by atoms with E-state index in [4.69, 9.17) is 0 Å². The van der Waals surface area contributed by atoms with E-state index < -0.39 is 5.54 Å². The average Bonchev–Trinajstić information content (AvgIpc) is 3.25. The van der Waals surface area contributed by atoms with E-state index in [9.17, 15) is 4.79 Å². The van der Waals surface area contributed by atoms with Gasteiger partial charge >= 0.3 is 0 Å². The van der Waals surface area contributed by atoms with Gasteiger partial charge in [0.15, 0.2) is 0 Å². The number of carbonyl (C=O) groups excluding carboxylic acids is 1. The Kier molecular flexibility index (Phi) is 4.57. The molecule has 3 aromatic carbocycles. The van der Waals surface area contributed by atoms with E-state index >= 15 is 0 Å². The molecule has 0 aliphatic carbocycles. The first-order chi connectivity index (χ1) is 13.6. The summed E-state index contributed by atoms with van der Waals surface area (Å²) in [4.78, 5) is 12.6. The lowest BCUT2D eigenvalue weighted by molar-refractivity contribution is 0.112. The van der Waals surface area contributed by atoms with Gasteiger partial charge in [-0.2, -0.15) is 4.80 Å². The topological polar surface area (TPSA) is 60.7 Å². The lowest BCUT2D eigenvalue weighted by atomic mass is 9.95. The van der Waals surface area contributed by atoms with Crippen molar-refractivity contribution in [3.05, 3.63) is 90.0 Å². The van der Waals surface area contributed by atoms with Crippen molar-refractivity contribution >= 4 is 6.29 Å². The Labute approximate surface area is 163 Å². The molecule has 0 aliphatic rings. The van der Waals surface area contributed by atoms with Crippen molar-refractivity contribution < 1.29 is 4.79 Å². The minimum absolute atomic E-state index is 0.424. The van der Waals surface area contributed by atoms with Crippen molar-refractivity contribution in [1.82, 2.24) is 20.2 Å². The molecule has 0 N–H and O–H groups in total. The summed E-state index contributed by atoms with van der Waals surface area (Å²) in [7, 11) is 0. The first-order valence-electron chi connectivity index (χ1n) is 9.10. The second kappa shape index (κ2) is 7.19. The molecule has 0 amide bonds. The monoisotopic (exact) mass is 368 g/mol. The van der Waals surface area contributed by atoms with Crippen LogP contribution in [0.3, 0.4) is 0 Å². The van der Waals surface area contributed by atoms with E-state index in [-0.39, 0.29) is 0 Å². The van der Waals surface area contributed by atoms with E-state index in [2.05, 4.69) is 41.4 Å². The molecule has 0 bridgehead atoms. The third-order valence-corrected chi connectivity index (χ3v) is 4.92. The van der Waals surface area contributed by atoms with Gasteiger partial charge in [0, 0.05) is 11.1 Å². The number of hydrogen-bond donors (Lipinski definition) is 0. The van der Waals surface area contributed by atoms with Crippen molar-refractivity contribution in [2.75, 3.05) is 0 Å². The second-order valence-electron chi connectivity index (χ2n) is 7.11. The van der Waals surface area contributed by atoms with Crippen LogP contribution in [0.4, 0.5) is 0 Å². The number of rotatable bonds is 5. The van der Waals surface area contributed by atoms with Crippen LogP contribution >= 0.6 is 0 Å². The van der Waals surface area contributed by atoms with Gasteiger partial charge < -0.3 is 0 Å². The lowest BCUT2D eigenvalue weighted by Gasteiger charge is -2.23. The molecule has 28 heavy (non-hydrogen) atoms. The molecule has 5 nitrogen and oxygen atoms in total. The average molecular weight is 368 g/mol. The Bertz CT molecular complexity index is 1100. The molecule has 4 rings (SSSR count). The maximum atomic E-state index is 10.9. The van der Waals surface area contributed by atoms with E-state index in [0.717, 1.165) is 28.5 Å². The van der Waals surface area contributed by atoms with E-state index in [1.165, 1.54) is 0 Å². The number of hydrogen-bond acceptors (Lipinski definition) is 4. The molecule has 0 aliphatic heterocycles. The van der Waals surface area contributed by atoms with Gasteiger partial charge in [-0.3, -0.25) is 4.79 Å². The molecule has 1 aromatic heterocycles. The highest BCUT2D eigenvalue weighted by atomic mass is 16.1. The second-order valence-corrected chi connectivity index (χ2v) is 7.11. The largest absolute Gasteiger partial charge is 0.298 e. The van der Waals surface area contributed by atoms with Gasteiger partial charge in [0.25, 0.3) is 0 Å². The summed E-state index contributed by atoms with van der Waals surface area (Å²) >= 11 is 0. The fourth-order valence-electron chi connectivity index (χ4n) is 3.19. The van der Waals surface area contributed by atoms with Crippen LogP contribution in [-0.2, 0) is 5.54 Å². The normalized spacial score (nSPS) is 11.4. The van der Waals surface area contributed by atoms with Crippen molar-refractivity contribution in [1.29, 1.82) is 0 Å². The Hall–Kier alpha value is -3.60. The summed E-state index contributed by atoms with van der Waals surface area (Å²) in [5.74, 6) is 0.569. The summed E-state index contributed by atoms with van der Waals surface area (Å²) in [6, 6.07) is 25.6. The number of aldehydes is 1. The summed E-state index contributed by atoms with van der Waals surface area (Å²) in [5, 5.41) is 13.3. The Morgan fingerprint density at radius 1 is 0.821 bits per heavy atom. The Morgan fingerprint density at radius 3 is 2.14 bits per heavy atom. The zero-order chi connectivity index (χ0) is 19.6. The molecule has 0 fully saturated rings. The number of aromatic nitrogens is 4. The molecule has 0 spiro atoms. The molecule has 0 radical (unpaired) electrons. The van der Waals surface area contributed by atoms with Crippen molar-refractivity contribution in [2.45, 2.75) is 19.4 Å². The zero-order valence-electron chi connectivity index (χ0n) is 15.8. The minimum Gasteiger partial charge on any atom is -0.298 e. The minimum atomic E-state index is -0.424. The highest BCUT2D eigenvalue weighted by molar-refractivity contribution is 5.82. The highest BCUT2D eigenvalue weighted by Gasteiger charge is 2.26. The fraction of sp³-hybridized carbons (Fsp3) is 0.130. The lowest BCUT2D eigenvalue weighted by Crippen LogP contribution is -2.30. The molecule has 5 heteroatoms. The van der Waals surface area contributed by atoms with Crippen LogP contribution < -0.4 is 0 Å². The maximum absolute atomic E-state index is 10.9. The van der Waals surface area contributed by atoms with Gasteiger partial charge in [-0.05, 0) is 35.8 Å². The standard InChI is InChI=1S/C23H20N4O/c1-23(2,19-8-4-3-5-9-19)27-25-22(24-26-27)21-11-7-6-10-20(21)18-14-12-17(16-28)13-15-18/h3-16H,1-2H3. The molecular weight excluding hydrogens is 348 g/mol. The molecule has 0 saturated heterocycles. The SMILES string of the molecule is CC(C)(c1ccccc1)n1nnc(-c2ccccc2-c2ccc(C=O)cc2)n1. The highest BCUT2D eigenvalue weighted by Crippen LogP contribution is 2.31. The zero-order valence-corrected chi connectivity index (χ0v) is 15.8. The molecule has 1 heterocycles. The van der Waals surface area contributed by atoms with Crippen molar-refractivity contribution in [2.24, 2.45) is 0 Å². The Balaban J connectivity index is 1.74. The van der Waals surface area contributed by atoms with Gasteiger partial charge in [0.1, 0.15) is 11.8 Å². The van der Waals surface area contributed by atoms with Gasteiger partial charge in [-0.15, -0.1) is 10.2 Å². The third-order valence-electron chi connectivity index (χ3n) is 4.92. The van der Waals surface area contributed by atoms with E-state index in [0.29, 0.717) is 11.4 Å². The van der Waals surface area contributed by atoms with E-state index in [1.807, 2.05) is 66.7 Å². The van der Waals surface area contributed by atoms with Crippen LogP contribution in [0.5, 0.6) is 0 Å². The number of benzene rings is 3. The molecular formula is C23H20N4O. The quantitative estimate of drug-likeness (QED) is 0.483. The van der Waals surface area contributed by atoms with Gasteiger partial charge in [0.2, 0.25) is 5.82 Å². The van der Waals surface area contributed by atoms with Crippen LogP contribution in [0, 0.1) is 0 Å². The van der Waals surface area contributed by atoms with Crippen LogP contribution in [-0.4, -0.2) is 26.5 Å². The summed E-state index contributed by atoms with van der Waals surface area (Å²) in [6.45, 7) is 4.13. The van der Waals surface area contributed by atoms with Crippen LogP contribution in [0.2, 0.25) is 0 Å². The Morgan fingerprint density at radius 2 is 1.46 bits per heavy atom. The first-order valence-corrected chi connectivity index (χ1v) is 9.10. The first kappa shape index (κ1) is 17.8. The van der Waals surface area contributed by atoms with E-state index in [1.54, 1.807) is 4.80 Å². The third kappa shape index (κ3) is 3.22. The summed E-state index contributed by atoms with van der Waals surface area (Å²) in [5.41, 5.74) is 4.23. The fourth-order valence-corrected chi connectivity index (χ4v) is 3.19. The smallest absolute Gasteiger partial charge is 0.205 e. The molecule has 0 atom stereocenters.